The summed E-state index contributed by atoms with van der Waals surface area (Å²) in [6.45, 7) is 6.21. The highest BCUT2D eigenvalue weighted by Gasteiger charge is 2.40. The lowest BCUT2D eigenvalue weighted by molar-refractivity contribution is -0.121. The Morgan fingerprint density at radius 3 is 2.69 bits per heavy atom. The Morgan fingerprint density at radius 1 is 1.21 bits per heavy atom. The first kappa shape index (κ1) is 20.9. The maximum absolute atomic E-state index is 12.8. The molecule has 1 N–H and O–H groups in total. The van der Waals surface area contributed by atoms with E-state index in [-0.39, 0.29) is 29.9 Å². The van der Waals surface area contributed by atoms with E-state index in [2.05, 4.69) is 5.32 Å². The molecule has 1 aliphatic rings. The minimum atomic E-state index is -0.559. The summed E-state index contributed by atoms with van der Waals surface area (Å²) >= 11 is 1.18. The number of anilines is 2. The van der Waals surface area contributed by atoms with Gasteiger partial charge in [-0.1, -0.05) is 29.8 Å². The zero-order valence-electron chi connectivity index (χ0n) is 16.7. The van der Waals surface area contributed by atoms with Gasteiger partial charge >= 0.3 is 0 Å². The molecule has 3 amide bonds. The van der Waals surface area contributed by atoms with Crippen molar-refractivity contribution in [2.24, 2.45) is 0 Å². The number of ether oxygens (including phenoxy) is 1. The van der Waals surface area contributed by atoms with E-state index in [1.807, 2.05) is 45.0 Å². The van der Waals surface area contributed by atoms with Gasteiger partial charge in [-0.2, -0.15) is 0 Å². The molecular weight excluding hydrogens is 388 g/mol. The van der Waals surface area contributed by atoms with Crippen molar-refractivity contribution in [2.45, 2.75) is 32.4 Å². The van der Waals surface area contributed by atoms with Crippen LogP contribution in [0.4, 0.5) is 11.4 Å². The Kier molecular flexibility index (Phi) is 6.59. The van der Waals surface area contributed by atoms with Gasteiger partial charge in [0.05, 0.1) is 29.0 Å². The molecule has 2 aromatic rings. The van der Waals surface area contributed by atoms with E-state index < -0.39 is 5.25 Å². The highest BCUT2D eigenvalue weighted by molar-refractivity contribution is 8.01. The molecule has 6 nitrogen and oxygen atoms in total. The van der Waals surface area contributed by atoms with Crippen molar-refractivity contribution >= 4 is 40.9 Å². The van der Waals surface area contributed by atoms with Crippen molar-refractivity contribution in [2.75, 3.05) is 22.6 Å². The monoisotopic (exact) mass is 412 g/mol. The number of amides is 3. The number of thioether (sulfide) groups is 1. The molecule has 0 unspecified atom stereocenters. The second-order valence-electron chi connectivity index (χ2n) is 6.84. The average molecular weight is 413 g/mol. The first-order valence-electron chi connectivity index (χ1n) is 9.48. The highest BCUT2D eigenvalue weighted by atomic mass is 32.2. The van der Waals surface area contributed by atoms with Crippen LogP contribution in [0.1, 0.15) is 24.5 Å². The molecule has 152 valence electrons. The normalized spacial score (nSPS) is 16.2. The number of rotatable bonds is 7. The van der Waals surface area contributed by atoms with Crippen LogP contribution in [-0.2, 0) is 14.4 Å². The summed E-state index contributed by atoms with van der Waals surface area (Å²) in [5.41, 5.74) is 3.15. The third kappa shape index (κ3) is 4.79. The van der Waals surface area contributed by atoms with Gasteiger partial charge in [-0.25, -0.2) is 4.90 Å². The number of para-hydroxylation sites is 2. The molecule has 3 rings (SSSR count). The van der Waals surface area contributed by atoms with Crippen molar-refractivity contribution in [1.82, 2.24) is 0 Å². The van der Waals surface area contributed by atoms with E-state index in [4.69, 9.17) is 4.74 Å². The van der Waals surface area contributed by atoms with Crippen molar-refractivity contribution in [1.29, 1.82) is 0 Å². The minimum Gasteiger partial charge on any atom is -0.492 e. The van der Waals surface area contributed by atoms with Crippen LogP contribution in [-0.4, -0.2) is 35.3 Å². The van der Waals surface area contributed by atoms with Crippen LogP contribution in [0, 0.1) is 13.8 Å². The number of imide groups is 1. The van der Waals surface area contributed by atoms with Crippen LogP contribution >= 0.6 is 11.8 Å². The average Bonchev–Trinajstić information content (AvgIpc) is 2.96. The quantitative estimate of drug-likeness (QED) is 0.702. The van der Waals surface area contributed by atoms with Gasteiger partial charge in [-0.05, 0) is 44.5 Å². The van der Waals surface area contributed by atoms with E-state index >= 15 is 0 Å². The van der Waals surface area contributed by atoms with Crippen molar-refractivity contribution in [3.8, 4) is 5.75 Å². The van der Waals surface area contributed by atoms with E-state index in [1.165, 1.54) is 16.7 Å². The lowest BCUT2D eigenvalue weighted by Crippen LogP contribution is -2.32. The number of benzene rings is 2. The van der Waals surface area contributed by atoms with Crippen LogP contribution in [0.2, 0.25) is 0 Å². The van der Waals surface area contributed by atoms with Crippen molar-refractivity contribution < 1.29 is 19.1 Å². The molecular formula is C22H24N2O4S. The van der Waals surface area contributed by atoms with Gasteiger partial charge in [0.2, 0.25) is 17.7 Å². The molecule has 1 aliphatic heterocycles. The molecule has 29 heavy (non-hydrogen) atoms. The van der Waals surface area contributed by atoms with Gasteiger partial charge in [0.25, 0.3) is 0 Å². The lowest BCUT2D eigenvalue weighted by Gasteiger charge is -2.18. The summed E-state index contributed by atoms with van der Waals surface area (Å²) in [6.07, 6.45) is 0.0969. The predicted molar refractivity (Wildman–Crippen MR) is 116 cm³/mol. The number of carbonyl (C=O) groups is 3. The number of hydrogen-bond donors (Lipinski definition) is 1. The van der Waals surface area contributed by atoms with E-state index in [1.54, 1.807) is 18.2 Å². The number of nitrogens with zero attached hydrogens (tertiary/aromatic N) is 1. The molecule has 0 aromatic heterocycles. The zero-order chi connectivity index (χ0) is 21.0. The van der Waals surface area contributed by atoms with Gasteiger partial charge in [0, 0.05) is 6.42 Å². The minimum absolute atomic E-state index is 0.0743. The topological polar surface area (TPSA) is 75.7 Å². The Balaban J connectivity index is 1.62. The lowest BCUT2D eigenvalue weighted by atomic mass is 10.1. The zero-order valence-corrected chi connectivity index (χ0v) is 17.5. The molecule has 0 aliphatic carbocycles. The largest absolute Gasteiger partial charge is 0.492 e. The third-order valence-corrected chi connectivity index (χ3v) is 5.77. The smallest absolute Gasteiger partial charge is 0.247 e. The van der Waals surface area contributed by atoms with E-state index in [9.17, 15) is 14.4 Å². The van der Waals surface area contributed by atoms with Gasteiger partial charge in [0.1, 0.15) is 5.75 Å². The molecule has 1 saturated heterocycles. The van der Waals surface area contributed by atoms with E-state index in [0.717, 1.165) is 11.1 Å². The number of nitrogens with one attached hydrogen (secondary N) is 1. The summed E-state index contributed by atoms with van der Waals surface area (Å²) < 4.78 is 5.50. The standard InChI is InChI=1S/C22H24N2O4S/c1-4-28-18-8-6-5-7-16(18)23-20(25)13-29-19-12-21(26)24(22(19)27)17-10-9-14(2)11-15(17)3/h5-11,19H,4,12-13H2,1-3H3,(H,23,25)/t19-/m1/s1. The van der Waals surface area contributed by atoms with Crippen molar-refractivity contribution in [3.05, 3.63) is 53.6 Å². The molecule has 0 radical (unpaired) electrons. The van der Waals surface area contributed by atoms with Crippen LogP contribution in [0.5, 0.6) is 5.75 Å². The summed E-state index contributed by atoms with van der Waals surface area (Å²) in [5.74, 6) is -0.0740. The van der Waals surface area contributed by atoms with Gasteiger partial charge in [-0.3, -0.25) is 14.4 Å². The first-order chi connectivity index (χ1) is 13.9. The van der Waals surface area contributed by atoms with Gasteiger partial charge in [-0.15, -0.1) is 11.8 Å². The Hall–Kier alpha value is -2.80. The SMILES string of the molecule is CCOc1ccccc1NC(=O)CS[C@@H]1CC(=O)N(c2ccc(C)cc2C)C1=O. The molecule has 1 atom stereocenters. The summed E-state index contributed by atoms with van der Waals surface area (Å²) in [4.78, 5) is 38.9. The fraction of sp³-hybridized carbons (Fsp3) is 0.318. The molecule has 0 saturated carbocycles. The molecule has 0 bridgehead atoms. The highest BCUT2D eigenvalue weighted by Crippen LogP contribution is 2.32. The Morgan fingerprint density at radius 2 is 1.97 bits per heavy atom. The molecule has 0 spiro atoms. The van der Waals surface area contributed by atoms with E-state index in [0.29, 0.717) is 23.7 Å². The summed E-state index contributed by atoms with van der Waals surface area (Å²) in [5, 5.41) is 2.25. The predicted octanol–water partition coefficient (Wildman–Crippen LogP) is 3.71. The van der Waals surface area contributed by atoms with Gasteiger partial charge in [0.15, 0.2) is 0 Å². The third-order valence-electron chi connectivity index (χ3n) is 4.58. The first-order valence-corrected chi connectivity index (χ1v) is 10.5. The second-order valence-corrected chi connectivity index (χ2v) is 8.03. The van der Waals surface area contributed by atoms with Crippen LogP contribution in [0.3, 0.4) is 0 Å². The van der Waals surface area contributed by atoms with Crippen LogP contribution in [0.15, 0.2) is 42.5 Å². The summed E-state index contributed by atoms with van der Waals surface area (Å²) in [7, 11) is 0. The van der Waals surface area contributed by atoms with Crippen LogP contribution < -0.4 is 15.0 Å². The maximum atomic E-state index is 12.8. The number of aryl methyl sites for hydroxylation is 2. The van der Waals surface area contributed by atoms with Crippen molar-refractivity contribution in [3.63, 3.8) is 0 Å². The fourth-order valence-corrected chi connectivity index (χ4v) is 4.19. The Labute approximate surface area is 174 Å². The molecule has 1 fully saturated rings. The van der Waals surface area contributed by atoms with Crippen LogP contribution in [0.25, 0.3) is 0 Å². The maximum Gasteiger partial charge on any atom is 0.247 e. The number of carbonyl (C=O) groups excluding carboxylic acids is 3. The molecule has 1 heterocycles. The second kappa shape index (κ2) is 9.13. The molecule has 7 heteroatoms. The molecule has 2 aromatic carbocycles. The number of hydrogen-bond acceptors (Lipinski definition) is 5. The fourth-order valence-electron chi connectivity index (χ4n) is 3.26. The van der Waals surface area contributed by atoms with Gasteiger partial charge < -0.3 is 10.1 Å². The summed E-state index contributed by atoms with van der Waals surface area (Å²) in [6, 6.07) is 12.8. The Bertz CT molecular complexity index is 944.